The van der Waals surface area contributed by atoms with Gasteiger partial charge in [-0.3, -0.25) is 0 Å². The van der Waals surface area contributed by atoms with Gasteiger partial charge >= 0.3 is 6.09 Å². The summed E-state index contributed by atoms with van der Waals surface area (Å²) in [5, 5.41) is 2.91. The summed E-state index contributed by atoms with van der Waals surface area (Å²) in [7, 11) is 0. The van der Waals surface area contributed by atoms with Crippen LogP contribution in [0.2, 0.25) is 0 Å². The first-order chi connectivity index (χ1) is 7.16. The van der Waals surface area contributed by atoms with E-state index in [4.69, 9.17) is 10.5 Å². The van der Waals surface area contributed by atoms with Crippen LogP contribution >= 0.6 is 0 Å². The Morgan fingerprint density at radius 2 is 2.06 bits per heavy atom. The molecule has 0 spiro atoms. The first kappa shape index (κ1) is 13.3. The van der Waals surface area contributed by atoms with Gasteiger partial charge in [0.05, 0.1) is 0 Å². The molecule has 1 rings (SSSR count). The molecule has 1 amide bonds. The third-order valence-electron chi connectivity index (χ3n) is 3.45. The van der Waals surface area contributed by atoms with E-state index in [0.717, 1.165) is 6.42 Å². The molecule has 0 aromatic heterocycles. The van der Waals surface area contributed by atoms with Gasteiger partial charge in [-0.2, -0.15) is 0 Å². The van der Waals surface area contributed by atoms with E-state index in [-0.39, 0.29) is 17.6 Å². The monoisotopic (exact) mass is 228 g/mol. The van der Waals surface area contributed by atoms with Crippen molar-refractivity contribution in [3.63, 3.8) is 0 Å². The predicted octanol–water partition coefficient (Wildman–Crippen LogP) is 1.88. The van der Waals surface area contributed by atoms with Crippen LogP contribution in [-0.2, 0) is 4.74 Å². The SMILES string of the molecule is CC(C)(C)OC(=O)N[C@H]1C[C@H](CN)C1(C)C. The van der Waals surface area contributed by atoms with Crippen LogP contribution in [0.3, 0.4) is 0 Å². The molecule has 0 radical (unpaired) electrons. The van der Waals surface area contributed by atoms with Crippen molar-refractivity contribution in [1.29, 1.82) is 0 Å². The quantitative estimate of drug-likeness (QED) is 0.758. The van der Waals surface area contributed by atoms with Gasteiger partial charge in [0.2, 0.25) is 0 Å². The Morgan fingerprint density at radius 3 is 2.44 bits per heavy atom. The highest BCUT2D eigenvalue weighted by molar-refractivity contribution is 5.68. The number of hydrogen-bond donors (Lipinski definition) is 2. The molecule has 1 fully saturated rings. The second-order valence-electron chi connectivity index (χ2n) is 6.19. The van der Waals surface area contributed by atoms with Crippen molar-refractivity contribution < 1.29 is 9.53 Å². The number of nitrogens with two attached hydrogens (primary N) is 1. The average molecular weight is 228 g/mol. The van der Waals surface area contributed by atoms with Crippen LogP contribution in [0.15, 0.2) is 0 Å². The number of ether oxygens (including phenoxy) is 1. The van der Waals surface area contributed by atoms with Gasteiger partial charge in [0.25, 0.3) is 0 Å². The largest absolute Gasteiger partial charge is 0.444 e. The summed E-state index contributed by atoms with van der Waals surface area (Å²) in [6.07, 6.45) is 0.615. The number of alkyl carbamates (subject to hydrolysis) is 1. The van der Waals surface area contributed by atoms with Gasteiger partial charge in [-0.05, 0) is 45.1 Å². The third kappa shape index (κ3) is 2.88. The van der Waals surface area contributed by atoms with Crippen LogP contribution in [0.4, 0.5) is 4.79 Å². The molecule has 0 aliphatic heterocycles. The smallest absolute Gasteiger partial charge is 0.407 e. The van der Waals surface area contributed by atoms with Crippen LogP contribution in [0.5, 0.6) is 0 Å². The molecule has 1 saturated carbocycles. The molecule has 4 nitrogen and oxygen atoms in total. The molecule has 0 heterocycles. The van der Waals surface area contributed by atoms with Gasteiger partial charge in [0.15, 0.2) is 0 Å². The Bertz CT molecular complexity index is 269. The molecule has 2 atom stereocenters. The maximum atomic E-state index is 11.6. The molecule has 16 heavy (non-hydrogen) atoms. The Morgan fingerprint density at radius 1 is 1.50 bits per heavy atom. The van der Waals surface area contributed by atoms with Crippen molar-refractivity contribution in [2.45, 2.75) is 52.7 Å². The zero-order chi connectivity index (χ0) is 12.6. The highest BCUT2D eigenvalue weighted by Gasteiger charge is 2.48. The van der Waals surface area contributed by atoms with Crippen LogP contribution in [0.1, 0.15) is 41.0 Å². The minimum atomic E-state index is -0.439. The van der Waals surface area contributed by atoms with Gasteiger partial charge in [-0.1, -0.05) is 13.8 Å². The van der Waals surface area contributed by atoms with E-state index >= 15 is 0 Å². The van der Waals surface area contributed by atoms with Crippen molar-refractivity contribution in [2.75, 3.05) is 6.54 Å². The molecule has 0 unspecified atom stereocenters. The molecule has 0 bridgehead atoms. The first-order valence-corrected chi connectivity index (χ1v) is 5.86. The number of carbonyl (C=O) groups excluding carboxylic acids is 1. The maximum absolute atomic E-state index is 11.6. The highest BCUT2D eigenvalue weighted by atomic mass is 16.6. The summed E-state index contributed by atoms with van der Waals surface area (Å²) in [6.45, 7) is 10.5. The zero-order valence-electron chi connectivity index (χ0n) is 11.0. The highest BCUT2D eigenvalue weighted by Crippen LogP contribution is 2.45. The second kappa shape index (κ2) is 4.24. The Labute approximate surface area is 97.9 Å². The fourth-order valence-corrected chi connectivity index (χ4v) is 2.11. The summed E-state index contributed by atoms with van der Waals surface area (Å²) in [5.74, 6) is 0.493. The molecule has 1 aliphatic rings. The second-order valence-corrected chi connectivity index (χ2v) is 6.19. The van der Waals surface area contributed by atoms with Gasteiger partial charge in [-0.25, -0.2) is 4.79 Å². The van der Waals surface area contributed by atoms with Crippen molar-refractivity contribution >= 4 is 6.09 Å². The minimum Gasteiger partial charge on any atom is -0.444 e. The van der Waals surface area contributed by atoms with E-state index in [2.05, 4.69) is 19.2 Å². The van der Waals surface area contributed by atoms with Crippen molar-refractivity contribution in [3.05, 3.63) is 0 Å². The molecule has 1 aliphatic carbocycles. The number of amides is 1. The standard InChI is InChI=1S/C12H24N2O2/c1-11(2,3)16-10(15)14-9-6-8(7-13)12(9,4)5/h8-9H,6-7,13H2,1-5H3,(H,14,15)/t8-,9+/m1/s1. The molecule has 4 heteroatoms. The number of rotatable bonds is 2. The topological polar surface area (TPSA) is 64.3 Å². The van der Waals surface area contributed by atoms with E-state index in [0.29, 0.717) is 12.5 Å². The summed E-state index contributed by atoms with van der Waals surface area (Å²) in [5.41, 5.74) is 5.30. The fraction of sp³-hybridized carbons (Fsp3) is 0.917. The molecule has 3 N–H and O–H groups in total. The minimum absolute atomic E-state index is 0.0751. The summed E-state index contributed by atoms with van der Waals surface area (Å²) < 4.78 is 5.22. The van der Waals surface area contributed by atoms with E-state index in [9.17, 15) is 4.79 Å². The van der Waals surface area contributed by atoms with E-state index in [1.165, 1.54) is 0 Å². The lowest BCUT2D eigenvalue weighted by molar-refractivity contribution is 0.00167. The third-order valence-corrected chi connectivity index (χ3v) is 3.45. The van der Waals surface area contributed by atoms with E-state index in [1.807, 2.05) is 20.8 Å². The average Bonchev–Trinajstić information content (AvgIpc) is 2.08. The molecule has 0 saturated heterocycles. The van der Waals surface area contributed by atoms with Gasteiger partial charge in [0.1, 0.15) is 5.60 Å². The van der Waals surface area contributed by atoms with E-state index in [1.54, 1.807) is 0 Å². The normalized spacial score (nSPS) is 28.1. The summed E-state index contributed by atoms with van der Waals surface area (Å²) in [4.78, 5) is 11.6. The molecule has 0 aromatic rings. The molecule has 0 aromatic carbocycles. The Kier molecular flexibility index (Phi) is 3.53. The number of nitrogens with one attached hydrogen (secondary N) is 1. The number of hydrogen-bond acceptors (Lipinski definition) is 3. The lowest BCUT2D eigenvalue weighted by Gasteiger charge is -2.51. The lowest BCUT2D eigenvalue weighted by Crippen LogP contribution is -2.60. The molecular weight excluding hydrogens is 204 g/mol. The van der Waals surface area contributed by atoms with Crippen LogP contribution in [-0.4, -0.2) is 24.3 Å². The van der Waals surface area contributed by atoms with Crippen LogP contribution in [0.25, 0.3) is 0 Å². The van der Waals surface area contributed by atoms with Gasteiger partial charge in [0, 0.05) is 6.04 Å². The van der Waals surface area contributed by atoms with Crippen molar-refractivity contribution in [3.8, 4) is 0 Å². The lowest BCUT2D eigenvalue weighted by atomic mass is 9.58. The predicted molar refractivity (Wildman–Crippen MR) is 64.1 cm³/mol. The van der Waals surface area contributed by atoms with Gasteiger partial charge in [-0.15, -0.1) is 0 Å². The Hall–Kier alpha value is -0.770. The number of carbonyl (C=O) groups is 1. The van der Waals surface area contributed by atoms with Crippen LogP contribution < -0.4 is 11.1 Å². The zero-order valence-corrected chi connectivity index (χ0v) is 11.0. The molecule has 94 valence electrons. The summed E-state index contributed by atoms with van der Waals surface area (Å²) in [6, 6.07) is 0.177. The Balaban J connectivity index is 2.43. The van der Waals surface area contributed by atoms with Crippen molar-refractivity contribution in [2.24, 2.45) is 17.1 Å². The first-order valence-electron chi connectivity index (χ1n) is 5.86. The van der Waals surface area contributed by atoms with Crippen molar-refractivity contribution in [1.82, 2.24) is 5.32 Å². The maximum Gasteiger partial charge on any atom is 0.407 e. The van der Waals surface area contributed by atoms with E-state index < -0.39 is 5.60 Å². The van der Waals surface area contributed by atoms with Crippen LogP contribution in [0, 0.1) is 11.3 Å². The summed E-state index contributed by atoms with van der Waals surface area (Å²) >= 11 is 0. The van der Waals surface area contributed by atoms with Gasteiger partial charge < -0.3 is 15.8 Å². The molecular formula is C12H24N2O2. The fourth-order valence-electron chi connectivity index (χ4n) is 2.11.